The van der Waals surface area contributed by atoms with E-state index in [0.29, 0.717) is 5.92 Å². The maximum Gasteiger partial charge on any atom is 0.152 e. The number of hydrogen-bond acceptors (Lipinski definition) is 8. The van der Waals surface area contributed by atoms with Gasteiger partial charge in [0.05, 0.1) is 11.4 Å². The summed E-state index contributed by atoms with van der Waals surface area (Å²) >= 11 is 0. The van der Waals surface area contributed by atoms with Crippen molar-refractivity contribution in [2.75, 3.05) is 43.1 Å². The molecule has 3 aromatic rings. The van der Waals surface area contributed by atoms with E-state index in [4.69, 9.17) is 9.72 Å². The standard InChI is InChI=1S/C23H32N8O/c1-15(20-24-7-4-18(30-20)31-9-8-28-23(2,3)13-31)29-22-19-17(16-5-10-32-11-6-16)12-25-21(19)26-14-27-22/h4,7,12,14-16,28H,5-6,8-11,13H2,1-3H3,(H2,25,26,27,29). The average Bonchev–Trinajstić information content (AvgIpc) is 3.24. The van der Waals surface area contributed by atoms with Crippen molar-refractivity contribution in [3.05, 3.63) is 36.2 Å². The molecule has 5 heterocycles. The van der Waals surface area contributed by atoms with Gasteiger partial charge < -0.3 is 25.3 Å². The van der Waals surface area contributed by atoms with Crippen molar-refractivity contribution in [3.8, 4) is 0 Å². The van der Waals surface area contributed by atoms with E-state index >= 15 is 0 Å². The Bertz CT molecular complexity index is 1070. The summed E-state index contributed by atoms with van der Waals surface area (Å²) in [6, 6.07) is 1.90. The fourth-order valence-corrected chi connectivity index (χ4v) is 4.78. The Morgan fingerprint density at radius 1 is 1.22 bits per heavy atom. The molecule has 0 amide bonds. The molecule has 0 bridgehead atoms. The Hall–Kier alpha value is -2.78. The van der Waals surface area contributed by atoms with Crippen molar-refractivity contribution < 1.29 is 4.74 Å². The van der Waals surface area contributed by atoms with Gasteiger partial charge in [-0.05, 0) is 51.2 Å². The minimum atomic E-state index is -0.0959. The molecule has 3 N–H and O–H groups in total. The molecule has 2 aliphatic heterocycles. The molecule has 2 saturated heterocycles. The van der Waals surface area contributed by atoms with Gasteiger partial charge in [0, 0.05) is 50.8 Å². The smallest absolute Gasteiger partial charge is 0.152 e. The van der Waals surface area contributed by atoms with Gasteiger partial charge in [-0.2, -0.15) is 0 Å². The number of hydrogen-bond donors (Lipinski definition) is 3. The van der Waals surface area contributed by atoms with Crippen LogP contribution in [0.25, 0.3) is 11.0 Å². The molecule has 3 aromatic heterocycles. The van der Waals surface area contributed by atoms with Gasteiger partial charge in [0.2, 0.25) is 0 Å². The third-order valence-electron chi connectivity index (χ3n) is 6.46. The molecule has 0 aromatic carbocycles. The van der Waals surface area contributed by atoms with Crippen LogP contribution in [0.2, 0.25) is 0 Å². The van der Waals surface area contributed by atoms with Crippen LogP contribution in [0.4, 0.5) is 11.6 Å². The molecule has 1 atom stereocenters. The fourth-order valence-electron chi connectivity index (χ4n) is 4.78. The molecule has 9 nitrogen and oxygen atoms in total. The van der Waals surface area contributed by atoms with E-state index in [1.807, 2.05) is 12.3 Å². The molecule has 170 valence electrons. The lowest BCUT2D eigenvalue weighted by Gasteiger charge is -2.39. The number of H-pyrrole nitrogens is 1. The molecular formula is C23H32N8O. The first kappa shape index (κ1) is 21.1. The summed E-state index contributed by atoms with van der Waals surface area (Å²) in [5, 5.41) is 8.17. The zero-order chi connectivity index (χ0) is 22.1. The minimum Gasteiger partial charge on any atom is -0.381 e. The normalized spacial score (nSPS) is 20.4. The van der Waals surface area contributed by atoms with Gasteiger partial charge in [-0.25, -0.2) is 19.9 Å². The van der Waals surface area contributed by atoms with Gasteiger partial charge in [-0.15, -0.1) is 0 Å². The zero-order valence-corrected chi connectivity index (χ0v) is 19.1. The summed E-state index contributed by atoms with van der Waals surface area (Å²) in [5.74, 6) is 3.00. The molecule has 0 radical (unpaired) electrons. The van der Waals surface area contributed by atoms with Crippen molar-refractivity contribution in [2.45, 2.75) is 51.1 Å². The molecule has 5 rings (SSSR count). The van der Waals surface area contributed by atoms with E-state index in [2.05, 4.69) is 62.4 Å². The van der Waals surface area contributed by atoms with Crippen LogP contribution in [-0.4, -0.2) is 63.3 Å². The van der Waals surface area contributed by atoms with Gasteiger partial charge >= 0.3 is 0 Å². The van der Waals surface area contributed by atoms with Crippen LogP contribution in [0.1, 0.15) is 57.0 Å². The maximum absolute atomic E-state index is 5.55. The zero-order valence-electron chi connectivity index (χ0n) is 19.1. The maximum atomic E-state index is 5.55. The van der Waals surface area contributed by atoms with Gasteiger partial charge in [0.15, 0.2) is 5.82 Å². The number of ether oxygens (including phenoxy) is 1. The number of anilines is 2. The van der Waals surface area contributed by atoms with Crippen LogP contribution in [0, 0.1) is 0 Å². The van der Waals surface area contributed by atoms with Crippen LogP contribution in [-0.2, 0) is 4.74 Å². The van der Waals surface area contributed by atoms with Gasteiger partial charge in [-0.1, -0.05) is 0 Å². The monoisotopic (exact) mass is 436 g/mol. The second-order valence-corrected chi connectivity index (χ2v) is 9.45. The quantitative estimate of drug-likeness (QED) is 0.561. The largest absolute Gasteiger partial charge is 0.381 e. The first-order valence-corrected chi connectivity index (χ1v) is 11.5. The lowest BCUT2D eigenvalue weighted by Crippen LogP contribution is -2.57. The van der Waals surface area contributed by atoms with Gasteiger partial charge in [0.25, 0.3) is 0 Å². The summed E-state index contributed by atoms with van der Waals surface area (Å²) in [6.07, 6.45) is 7.56. The van der Waals surface area contributed by atoms with Crippen LogP contribution in [0.3, 0.4) is 0 Å². The highest BCUT2D eigenvalue weighted by Gasteiger charge is 2.27. The molecule has 0 spiro atoms. The average molecular weight is 437 g/mol. The van der Waals surface area contributed by atoms with Gasteiger partial charge in [-0.3, -0.25) is 0 Å². The predicted octanol–water partition coefficient (Wildman–Crippen LogP) is 3.00. The van der Waals surface area contributed by atoms with Crippen molar-refractivity contribution >= 4 is 22.7 Å². The number of piperazine rings is 1. The van der Waals surface area contributed by atoms with E-state index in [-0.39, 0.29) is 11.6 Å². The lowest BCUT2D eigenvalue weighted by molar-refractivity contribution is 0.0856. The second-order valence-electron chi connectivity index (χ2n) is 9.45. The highest BCUT2D eigenvalue weighted by Crippen LogP contribution is 2.35. The number of aromatic amines is 1. The Balaban J connectivity index is 1.39. The van der Waals surface area contributed by atoms with Crippen LogP contribution >= 0.6 is 0 Å². The Morgan fingerprint density at radius 2 is 2.06 bits per heavy atom. The Labute approximate surface area is 188 Å². The summed E-state index contributed by atoms with van der Waals surface area (Å²) in [6.45, 7) is 10.9. The van der Waals surface area contributed by atoms with Crippen molar-refractivity contribution in [2.24, 2.45) is 0 Å². The second kappa shape index (κ2) is 8.63. The van der Waals surface area contributed by atoms with Gasteiger partial charge in [0.1, 0.15) is 23.6 Å². The highest BCUT2D eigenvalue weighted by atomic mass is 16.5. The number of nitrogens with zero attached hydrogens (tertiary/aromatic N) is 5. The van der Waals surface area contributed by atoms with Crippen molar-refractivity contribution in [1.82, 2.24) is 30.2 Å². The summed E-state index contributed by atoms with van der Waals surface area (Å²) in [5.41, 5.74) is 2.18. The van der Waals surface area contributed by atoms with Crippen molar-refractivity contribution in [1.29, 1.82) is 0 Å². The third kappa shape index (κ3) is 4.27. The summed E-state index contributed by atoms with van der Waals surface area (Å²) in [7, 11) is 0. The SMILES string of the molecule is CC(Nc1ncnc2[nH]cc(C3CCOCC3)c12)c1nccc(N2CCNC(C)(C)C2)n1. The van der Waals surface area contributed by atoms with Crippen LogP contribution in [0.5, 0.6) is 0 Å². The van der Waals surface area contributed by atoms with E-state index in [9.17, 15) is 0 Å². The molecule has 0 saturated carbocycles. The van der Waals surface area contributed by atoms with Crippen LogP contribution < -0.4 is 15.5 Å². The predicted molar refractivity (Wildman–Crippen MR) is 125 cm³/mol. The van der Waals surface area contributed by atoms with E-state index in [0.717, 1.165) is 74.2 Å². The lowest BCUT2D eigenvalue weighted by atomic mass is 9.92. The summed E-state index contributed by atoms with van der Waals surface area (Å²) < 4.78 is 5.55. The van der Waals surface area contributed by atoms with E-state index in [1.54, 1.807) is 6.33 Å². The molecule has 1 unspecified atom stereocenters. The number of aromatic nitrogens is 5. The van der Waals surface area contributed by atoms with E-state index in [1.165, 1.54) is 5.56 Å². The van der Waals surface area contributed by atoms with Crippen molar-refractivity contribution in [3.63, 3.8) is 0 Å². The molecule has 2 aliphatic rings. The number of rotatable bonds is 5. The van der Waals surface area contributed by atoms with Crippen LogP contribution in [0.15, 0.2) is 24.8 Å². The molecular weight excluding hydrogens is 404 g/mol. The van der Waals surface area contributed by atoms with E-state index < -0.39 is 0 Å². The molecule has 32 heavy (non-hydrogen) atoms. The highest BCUT2D eigenvalue weighted by molar-refractivity contribution is 5.91. The minimum absolute atomic E-state index is 0.0641. The fraction of sp³-hybridized carbons (Fsp3) is 0.565. The Morgan fingerprint density at radius 3 is 2.88 bits per heavy atom. The Kier molecular flexibility index (Phi) is 5.69. The molecule has 2 fully saturated rings. The molecule has 9 heteroatoms. The molecule has 0 aliphatic carbocycles. The number of fused-ring (bicyclic) bond motifs is 1. The first-order valence-electron chi connectivity index (χ1n) is 11.5. The number of nitrogens with one attached hydrogen (secondary N) is 3. The summed E-state index contributed by atoms with van der Waals surface area (Å²) in [4.78, 5) is 24.1. The first-order chi connectivity index (χ1) is 15.5. The topological polar surface area (TPSA) is 104 Å². The third-order valence-corrected chi connectivity index (χ3v) is 6.46.